The highest BCUT2D eigenvalue weighted by atomic mass is 35.5. The van der Waals surface area contributed by atoms with Gasteiger partial charge in [0.2, 0.25) is 0 Å². The number of amides is 1. The number of thiazole rings is 1. The lowest BCUT2D eigenvalue weighted by atomic mass is 9.95. The molecule has 3 aliphatic rings. The van der Waals surface area contributed by atoms with E-state index in [2.05, 4.69) is 14.9 Å². The molecule has 3 saturated heterocycles. The van der Waals surface area contributed by atoms with Crippen molar-refractivity contribution < 1.29 is 22.7 Å². The standard InChI is InChI=1S/C33H29ClF3N9O2S/c34-22-12-21-26(25(37)24(22)20-2-3-23(36)28-27(20)40-30(39)49-28)41-31(48-17-33-5-1-6-46(33)16-19(35)13-33)42-29(21)43-8-10-44(11-9-43)32(47)45-7-4-18(14-38)15-45/h2-4,7,12,15,19H,1,5-6,8-11,13,16-17H2,(H2,39,40)/t19-,33+/m1/s1. The van der Waals surface area contributed by atoms with E-state index in [1.807, 2.05) is 11.0 Å². The summed E-state index contributed by atoms with van der Waals surface area (Å²) in [6.07, 6.45) is 4.11. The molecule has 3 aliphatic heterocycles. The summed E-state index contributed by atoms with van der Waals surface area (Å²) in [4.78, 5) is 32.3. The number of carbonyl (C=O) groups is 1. The number of halogens is 4. The van der Waals surface area contributed by atoms with Crippen molar-refractivity contribution in [3.63, 3.8) is 0 Å². The Bertz CT molecular complexity index is 2180. The number of piperazine rings is 1. The molecule has 3 fully saturated rings. The molecule has 3 aromatic heterocycles. The number of ether oxygens (including phenoxy) is 1. The van der Waals surface area contributed by atoms with Crippen LogP contribution in [0.4, 0.5) is 28.9 Å². The second kappa shape index (κ2) is 12.0. The lowest BCUT2D eigenvalue weighted by molar-refractivity contribution is 0.107. The van der Waals surface area contributed by atoms with Crippen LogP contribution in [-0.2, 0) is 0 Å². The molecule has 16 heteroatoms. The number of alkyl halides is 1. The number of anilines is 2. The van der Waals surface area contributed by atoms with Crippen LogP contribution < -0.4 is 15.4 Å². The van der Waals surface area contributed by atoms with E-state index >= 15 is 4.39 Å². The number of nitriles is 1. The van der Waals surface area contributed by atoms with E-state index in [-0.39, 0.29) is 55.7 Å². The van der Waals surface area contributed by atoms with Crippen molar-refractivity contribution in [1.29, 1.82) is 5.26 Å². The van der Waals surface area contributed by atoms with Gasteiger partial charge in [-0.05, 0) is 43.7 Å². The maximum atomic E-state index is 16.8. The van der Waals surface area contributed by atoms with E-state index < -0.39 is 23.3 Å². The zero-order chi connectivity index (χ0) is 34.0. The molecular weight excluding hydrogens is 679 g/mol. The van der Waals surface area contributed by atoms with Crippen LogP contribution in [0.3, 0.4) is 0 Å². The zero-order valence-electron chi connectivity index (χ0n) is 26.0. The van der Waals surface area contributed by atoms with Gasteiger partial charge in [0.05, 0.1) is 26.3 Å². The molecule has 0 radical (unpaired) electrons. The third kappa shape index (κ3) is 5.38. The molecule has 6 heterocycles. The summed E-state index contributed by atoms with van der Waals surface area (Å²) in [5.41, 5.74) is 6.15. The molecule has 252 valence electrons. The molecule has 5 aromatic rings. The molecule has 0 unspecified atom stereocenters. The first-order valence-electron chi connectivity index (χ1n) is 15.8. The van der Waals surface area contributed by atoms with Gasteiger partial charge < -0.3 is 20.3 Å². The molecule has 1 amide bonds. The van der Waals surface area contributed by atoms with Crippen molar-refractivity contribution >= 4 is 61.0 Å². The largest absolute Gasteiger partial charge is 0.461 e. The Balaban J connectivity index is 1.18. The topological polar surface area (TPSA) is 129 Å². The summed E-state index contributed by atoms with van der Waals surface area (Å²) < 4.78 is 53.8. The molecular formula is C33H29ClF3N9O2S. The number of hydrogen-bond acceptors (Lipinski definition) is 10. The monoisotopic (exact) mass is 707 g/mol. The minimum absolute atomic E-state index is 0.0180. The lowest BCUT2D eigenvalue weighted by Crippen LogP contribution is -2.50. The van der Waals surface area contributed by atoms with Gasteiger partial charge >= 0.3 is 12.0 Å². The maximum Gasteiger partial charge on any atom is 0.328 e. The molecule has 2 atom stereocenters. The number of carbonyl (C=O) groups excluding carboxylic acids is 1. The average Bonchev–Trinajstić information content (AvgIpc) is 3.88. The second-order valence-corrected chi connectivity index (χ2v) is 14.1. The summed E-state index contributed by atoms with van der Waals surface area (Å²) in [7, 11) is 0. The number of nitrogens with zero attached hydrogens (tertiary/aromatic N) is 8. The van der Waals surface area contributed by atoms with E-state index in [0.717, 1.165) is 30.7 Å². The third-order valence-corrected chi connectivity index (χ3v) is 10.9. The molecule has 0 saturated carbocycles. The molecule has 2 aromatic carbocycles. The first kappa shape index (κ1) is 31.6. The van der Waals surface area contributed by atoms with Crippen LogP contribution in [0.2, 0.25) is 5.02 Å². The molecule has 2 N–H and O–H groups in total. The summed E-state index contributed by atoms with van der Waals surface area (Å²) in [5.74, 6) is -0.936. The Morgan fingerprint density at radius 3 is 2.73 bits per heavy atom. The van der Waals surface area contributed by atoms with Crippen LogP contribution in [0.1, 0.15) is 24.8 Å². The summed E-state index contributed by atoms with van der Waals surface area (Å²) in [5, 5.41) is 9.64. The Morgan fingerprint density at radius 2 is 1.96 bits per heavy atom. The molecule has 49 heavy (non-hydrogen) atoms. The SMILES string of the molecule is N#Cc1ccn(C(=O)N2CCN(c3nc(OC[C@@]45CCCN4C[C@H](F)C5)nc4c(F)c(-c5ccc(F)c6sc(N)nc56)c(Cl)cc34)CC2)c1. The van der Waals surface area contributed by atoms with Crippen LogP contribution in [0, 0.1) is 23.0 Å². The van der Waals surface area contributed by atoms with E-state index in [1.54, 1.807) is 23.2 Å². The first-order chi connectivity index (χ1) is 23.6. The van der Waals surface area contributed by atoms with Gasteiger partial charge in [-0.25, -0.2) is 22.9 Å². The first-order valence-corrected chi connectivity index (χ1v) is 17.0. The zero-order valence-corrected chi connectivity index (χ0v) is 27.6. The van der Waals surface area contributed by atoms with Crippen LogP contribution in [0.5, 0.6) is 6.01 Å². The van der Waals surface area contributed by atoms with Crippen molar-refractivity contribution in [1.82, 2.24) is 29.3 Å². The molecule has 0 bridgehead atoms. The minimum atomic E-state index is -0.955. The molecule has 11 nitrogen and oxygen atoms in total. The van der Waals surface area contributed by atoms with E-state index in [1.165, 1.54) is 22.9 Å². The Hall–Kier alpha value is -4.65. The predicted octanol–water partition coefficient (Wildman–Crippen LogP) is 5.84. The fraction of sp³-hybridized carbons (Fsp3) is 0.364. The van der Waals surface area contributed by atoms with E-state index in [0.29, 0.717) is 55.9 Å². The van der Waals surface area contributed by atoms with Crippen LogP contribution in [0.25, 0.3) is 32.2 Å². The highest BCUT2D eigenvalue weighted by molar-refractivity contribution is 7.22. The number of nitrogens with two attached hydrogens (primary N) is 1. The normalized spacial score (nSPS) is 21.1. The number of fused-ring (bicyclic) bond motifs is 3. The van der Waals surface area contributed by atoms with Gasteiger partial charge in [0.15, 0.2) is 10.9 Å². The van der Waals surface area contributed by atoms with E-state index in [4.69, 9.17) is 32.3 Å². The minimum Gasteiger partial charge on any atom is -0.461 e. The van der Waals surface area contributed by atoms with Crippen LogP contribution in [0.15, 0.2) is 36.7 Å². The lowest BCUT2D eigenvalue weighted by Gasteiger charge is -2.36. The highest BCUT2D eigenvalue weighted by Gasteiger charge is 2.49. The average molecular weight is 708 g/mol. The molecule has 0 spiro atoms. The van der Waals surface area contributed by atoms with Gasteiger partial charge in [-0.15, -0.1) is 0 Å². The summed E-state index contributed by atoms with van der Waals surface area (Å²) >= 11 is 7.75. The molecule has 8 rings (SSSR count). The highest BCUT2D eigenvalue weighted by Crippen LogP contribution is 2.44. The van der Waals surface area contributed by atoms with Crippen LogP contribution in [-0.4, -0.2) is 92.9 Å². The van der Waals surface area contributed by atoms with Gasteiger partial charge in [-0.2, -0.15) is 15.2 Å². The Kier molecular flexibility index (Phi) is 7.77. The van der Waals surface area contributed by atoms with E-state index in [9.17, 15) is 13.6 Å². The van der Waals surface area contributed by atoms with Crippen molar-refractivity contribution in [2.24, 2.45) is 0 Å². The quantitative estimate of drug-likeness (QED) is 0.240. The third-order valence-electron chi connectivity index (χ3n) is 9.75. The molecule has 0 aliphatic carbocycles. The maximum absolute atomic E-state index is 16.8. The fourth-order valence-corrected chi connectivity index (χ4v) is 8.47. The summed E-state index contributed by atoms with van der Waals surface area (Å²) in [6, 6.07) is 7.45. The smallest absolute Gasteiger partial charge is 0.328 e. The number of aromatic nitrogens is 4. The Labute approximate surface area is 287 Å². The fourth-order valence-electron chi connectivity index (χ4n) is 7.41. The predicted molar refractivity (Wildman–Crippen MR) is 180 cm³/mol. The van der Waals surface area contributed by atoms with Crippen molar-refractivity contribution in [2.45, 2.75) is 31.0 Å². The number of benzene rings is 2. The van der Waals surface area contributed by atoms with Gasteiger partial charge in [0.25, 0.3) is 0 Å². The number of nitrogen functional groups attached to an aromatic ring is 1. The summed E-state index contributed by atoms with van der Waals surface area (Å²) in [6.45, 7) is 2.61. The van der Waals surface area contributed by atoms with Gasteiger partial charge in [0, 0.05) is 68.1 Å². The second-order valence-electron chi connectivity index (χ2n) is 12.6. The Morgan fingerprint density at radius 1 is 1.14 bits per heavy atom. The van der Waals surface area contributed by atoms with Gasteiger partial charge in [0.1, 0.15) is 36.0 Å². The van der Waals surface area contributed by atoms with Crippen molar-refractivity contribution in [3.05, 3.63) is 58.9 Å². The van der Waals surface area contributed by atoms with Gasteiger partial charge in [-0.3, -0.25) is 9.47 Å². The van der Waals surface area contributed by atoms with Crippen molar-refractivity contribution in [2.75, 3.05) is 56.5 Å². The number of hydrogen-bond donors (Lipinski definition) is 1. The van der Waals surface area contributed by atoms with Gasteiger partial charge in [-0.1, -0.05) is 22.9 Å². The van der Waals surface area contributed by atoms with Crippen molar-refractivity contribution in [3.8, 4) is 23.2 Å². The van der Waals surface area contributed by atoms with Crippen LogP contribution >= 0.6 is 22.9 Å². The number of rotatable bonds is 5.